The number of piperidine rings is 1. The standard InChI is InChI=1S/C18H20ClFN4O2S/c19-16-11-17(22-18(21-16)12-1-2-12)24-9-7-14(8-10-24)23-27(25,26)15-5-3-13(20)4-6-15/h3-6,11-12,14,23H,1-2,7-10H2. The number of aromatic nitrogens is 2. The molecule has 0 atom stereocenters. The number of hydrogen-bond donors (Lipinski definition) is 1. The normalized spacial score (nSPS) is 18.7. The summed E-state index contributed by atoms with van der Waals surface area (Å²) >= 11 is 6.14. The Labute approximate surface area is 162 Å². The third-order valence-corrected chi connectivity index (χ3v) is 6.64. The lowest BCUT2D eigenvalue weighted by Gasteiger charge is -2.33. The van der Waals surface area contributed by atoms with Gasteiger partial charge in [0, 0.05) is 31.1 Å². The fourth-order valence-electron chi connectivity index (χ4n) is 3.24. The molecule has 6 nitrogen and oxygen atoms in total. The first kappa shape index (κ1) is 18.6. The van der Waals surface area contributed by atoms with E-state index in [4.69, 9.17) is 11.6 Å². The zero-order valence-corrected chi connectivity index (χ0v) is 16.2. The summed E-state index contributed by atoms with van der Waals surface area (Å²) in [6.07, 6.45) is 3.52. The van der Waals surface area contributed by atoms with Gasteiger partial charge in [0.05, 0.1) is 4.90 Å². The van der Waals surface area contributed by atoms with Crippen molar-refractivity contribution < 1.29 is 12.8 Å². The minimum Gasteiger partial charge on any atom is -0.356 e. The van der Waals surface area contributed by atoms with Crippen molar-refractivity contribution in [2.45, 2.75) is 42.5 Å². The molecule has 0 spiro atoms. The van der Waals surface area contributed by atoms with Gasteiger partial charge in [0.1, 0.15) is 22.6 Å². The third kappa shape index (κ3) is 4.39. The van der Waals surface area contributed by atoms with Gasteiger partial charge in [0.2, 0.25) is 10.0 Å². The van der Waals surface area contributed by atoms with E-state index in [0.29, 0.717) is 37.0 Å². The Morgan fingerprint density at radius 1 is 1.07 bits per heavy atom. The van der Waals surface area contributed by atoms with Crippen molar-refractivity contribution in [3.8, 4) is 0 Å². The van der Waals surface area contributed by atoms with E-state index in [9.17, 15) is 12.8 Å². The van der Waals surface area contributed by atoms with E-state index in [1.165, 1.54) is 12.1 Å². The van der Waals surface area contributed by atoms with Gasteiger partial charge in [-0.2, -0.15) is 0 Å². The molecule has 1 aromatic heterocycles. The second-order valence-corrected chi connectivity index (χ2v) is 9.12. The van der Waals surface area contributed by atoms with Crippen molar-refractivity contribution in [1.82, 2.24) is 14.7 Å². The smallest absolute Gasteiger partial charge is 0.240 e. The van der Waals surface area contributed by atoms with Gasteiger partial charge in [0.25, 0.3) is 0 Å². The zero-order valence-electron chi connectivity index (χ0n) is 14.6. The molecule has 0 bridgehead atoms. The molecular weight excluding hydrogens is 391 g/mol. The van der Waals surface area contributed by atoms with Gasteiger partial charge in [-0.05, 0) is 49.9 Å². The summed E-state index contributed by atoms with van der Waals surface area (Å²) in [5.41, 5.74) is 0. The summed E-state index contributed by atoms with van der Waals surface area (Å²) in [6, 6.07) is 6.43. The van der Waals surface area contributed by atoms with E-state index < -0.39 is 15.8 Å². The van der Waals surface area contributed by atoms with Crippen molar-refractivity contribution in [1.29, 1.82) is 0 Å². The topological polar surface area (TPSA) is 75.2 Å². The van der Waals surface area contributed by atoms with Crippen molar-refractivity contribution >= 4 is 27.4 Å². The van der Waals surface area contributed by atoms with Crippen LogP contribution in [0.5, 0.6) is 0 Å². The number of hydrogen-bond acceptors (Lipinski definition) is 5. The van der Waals surface area contributed by atoms with Gasteiger partial charge in [0.15, 0.2) is 0 Å². The van der Waals surface area contributed by atoms with Crippen LogP contribution in [-0.2, 0) is 10.0 Å². The fraction of sp³-hybridized carbons (Fsp3) is 0.444. The predicted molar refractivity (Wildman–Crippen MR) is 101 cm³/mol. The van der Waals surface area contributed by atoms with Crippen LogP contribution in [-0.4, -0.2) is 37.5 Å². The average Bonchev–Trinajstić information content (AvgIpc) is 3.47. The number of rotatable bonds is 5. The highest BCUT2D eigenvalue weighted by Crippen LogP contribution is 2.39. The lowest BCUT2D eigenvalue weighted by atomic mass is 10.1. The van der Waals surface area contributed by atoms with Crippen LogP contribution in [0.25, 0.3) is 0 Å². The van der Waals surface area contributed by atoms with Gasteiger partial charge >= 0.3 is 0 Å². The Bertz CT molecular complexity index is 927. The van der Waals surface area contributed by atoms with E-state index in [1.807, 2.05) is 0 Å². The maximum Gasteiger partial charge on any atom is 0.240 e. The number of halogens is 2. The first-order valence-corrected chi connectivity index (χ1v) is 10.8. The summed E-state index contributed by atoms with van der Waals surface area (Å²) in [4.78, 5) is 11.1. The first-order valence-electron chi connectivity index (χ1n) is 8.98. The second kappa shape index (κ2) is 7.33. The quantitative estimate of drug-likeness (QED) is 0.766. The molecule has 1 aromatic carbocycles. The molecular formula is C18H20ClFN4O2S. The van der Waals surface area contributed by atoms with E-state index in [2.05, 4.69) is 19.6 Å². The molecule has 4 rings (SSSR count). The van der Waals surface area contributed by atoms with Crippen LogP contribution in [0.1, 0.15) is 37.4 Å². The molecule has 1 saturated carbocycles. The van der Waals surface area contributed by atoms with E-state index >= 15 is 0 Å². The van der Waals surface area contributed by atoms with E-state index in [0.717, 1.165) is 36.6 Å². The highest BCUT2D eigenvalue weighted by Gasteiger charge is 2.29. The van der Waals surface area contributed by atoms with Crippen LogP contribution in [0, 0.1) is 5.82 Å². The van der Waals surface area contributed by atoms with Crippen LogP contribution < -0.4 is 9.62 Å². The zero-order chi connectivity index (χ0) is 19.0. The van der Waals surface area contributed by atoms with Crippen LogP contribution in [0.2, 0.25) is 5.15 Å². The summed E-state index contributed by atoms with van der Waals surface area (Å²) < 4.78 is 40.6. The highest BCUT2D eigenvalue weighted by molar-refractivity contribution is 7.89. The highest BCUT2D eigenvalue weighted by atomic mass is 35.5. The summed E-state index contributed by atoms with van der Waals surface area (Å²) in [7, 11) is -3.66. The summed E-state index contributed by atoms with van der Waals surface area (Å²) in [5.74, 6) is 1.56. The largest absolute Gasteiger partial charge is 0.356 e. The minimum absolute atomic E-state index is 0.0722. The molecule has 2 fully saturated rings. The molecule has 2 heterocycles. The Morgan fingerprint density at radius 3 is 2.37 bits per heavy atom. The number of nitrogens with zero attached hydrogens (tertiary/aromatic N) is 3. The van der Waals surface area contributed by atoms with E-state index in [1.54, 1.807) is 6.07 Å². The van der Waals surface area contributed by atoms with Crippen LogP contribution in [0.15, 0.2) is 35.2 Å². The summed E-state index contributed by atoms with van der Waals surface area (Å²) in [5, 5.41) is 0.445. The molecule has 27 heavy (non-hydrogen) atoms. The molecule has 2 aliphatic rings. The second-order valence-electron chi connectivity index (χ2n) is 7.02. The average molecular weight is 411 g/mol. The molecule has 144 valence electrons. The van der Waals surface area contributed by atoms with Crippen LogP contribution in [0.3, 0.4) is 0 Å². The number of anilines is 1. The van der Waals surface area contributed by atoms with Crippen molar-refractivity contribution in [3.63, 3.8) is 0 Å². The third-order valence-electron chi connectivity index (χ3n) is 4.91. The van der Waals surface area contributed by atoms with Gasteiger partial charge < -0.3 is 4.90 Å². The van der Waals surface area contributed by atoms with Gasteiger partial charge in [-0.3, -0.25) is 0 Å². The lowest BCUT2D eigenvalue weighted by molar-refractivity contribution is 0.458. The molecule has 1 N–H and O–H groups in total. The maximum absolute atomic E-state index is 13.0. The molecule has 9 heteroatoms. The van der Waals surface area contributed by atoms with Crippen LogP contribution in [0.4, 0.5) is 10.2 Å². The van der Waals surface area contributed by atoms with Crippen molar-refractivity contribution in [2.75, 3.05) is 18.0 Å². The molecule has 1 aliphatic carbocycles. The van der Waals surface area contributed by atoms with Gasteiger partial charge in [-0.15, -0.1) is 0 Å². The Morgan fingerprint density at radius 2 is 1.74 bits per heavy atom. The SMILES string of the molecule is O=S(=O)(NC1CCN(c2cc(Cl)nc(C3CC3)n2)CC1)c1ccc(F)cc1. The molecule has 1 saturated heterocycles. The van der Waals surface area contributed by atoms with E-state index in [-0.39, 0.29) is 10.9 Å². The molecule has 1 aliphatic heterocycles. The number of sulfonamides is 1. The Hall–Kier alpha value is -1.77. The number of nitrogens with one attached hydrogen (secondary N) is 1. The lowest BCUT2D eigenvalue weighted by Crippen LogP contribution is -2.45. The first-order chi connectivity index (χ1) is 12.9. The monoisotopic (exact) mass is 410 g/mol. The van der Waals surface area contributed by atoms with Crippen molar-refractivity contribution in [2.24, 2.45) is 0 Å². The molecule has 2 aromatic rings. The molecule has 0 amide bonds. The fourth-order valence-corrected chi connectivity index (χ4v) is 4.73. The predicted octanol–water partition coefficient (Wildman–Crippen LogP) is 3.09. The number of benzene rings is 1. The maximum atomic E-state index is 13.0. The van der Waals surface area contributed by atoms with Gasteiger partial charge in [-0.25, -0.2) is 27.5 Å². The Kier molecular flexibility index (Phi) is 5.05. The minimum atomic E-state index is -3.66. The molecule has 0 unspecified atom stereocenters. The Balaban J connectivity index is 1.40. The molecule has 0 radical (unpaired) electrons. The van der Waals surface area contributed by atoms with Gasteiger partial charge in [-0.1, -0.05) is 11.6 Å². The summed E-state index contributed by atoms with van der Waals surface area (Å²) in [6.45, 7) is 1.35. The van der Waals surface area contributed by atoms with Crippen LogP contribution >= 0.6 is 11.6 Å². The van der Waals surface area contributed by atoms with Crippen molar-refractivity contribution in [3.05, 3.63) is 47.1 Å².